The number of benzene rings is 2. The molecule has 11 heteroatoms. The highest BCUT2D eigenvalue weighted by Crippen LogP contribution is 2.25. The molecule has 1 atom stereocenters. The molecule has 1 unspecified atom stereocenters. The zero-order valence-corrected chi connectivity index (χ0v) is 26.9. The highest BCUT2D eigenvalue weighted by atomic mass is 16.6. The van der Waals surface area contributed by atoms with Crippen molar-refractivity contribution in [3.05, 3.63) is 120 Å². The van der Waals surface area contributed by atoms with Crippen LogP contribution in [0.25, 0.3) is 11.0 Å². The topological polar surface area (TPSA) is 145 Å². The SMILES string of the molecule is CC(C)n1cc(C(=O)c2cncc(NC(=O)C(Cc3ccc(C(=O)c4ccccc4)cc3)NC(=O)OC(C)(C)C)c2)c2cncnc21. The third kappa shape index (κ3) is 7.93. The molecule has 0 aliphatic rings. The smallest absolute Gasteiger partial charge is 0.408 e. The molecular weight excluding hydrogens is 596 g/mol. The van der Waals surface area contributed by atoms with Gasteiger partial charge in [-0.25, -0.2) is 14.8 Å². The van der Waals surface area contributed by atoms with Crippen molar-refractivity contribution in [2.24, 2.45) is 0 Å². The molecule has 5 aromatic rings. The van der Waals surface area contributed by atoms with E-state index >= 15 is 0 Å². The van der Waals surface area contributed by atoms with E-state index in [1.807, 2.05) is 24.5 Å². The predicted molar refractivity (Wildman–Crippen MR) is 177 cm³/mol. The standard InChI is InChI=1S/C36H36N6O5/c1-22(2)42-20-29(28-19-38-21-39-33(28)42)32(44)26-16-27(18-37-17-26)40-34(45)30(41-35(46)47-36(3,4)5)15-23-11-13-25(14-12-23)31(43)24-9-7-6-8-10-24/h6-14,16-22,30H,15H2,1-5H3,(H,40,45)(H,41,46). The number of pyridine rings is 1. The van der Waals surface area contributed by atoms with Gasteiger partial charge in [0.25, 0.3) is 0 Å². The number of nitrogens with zero attached hydrogens (tertiary/aromatic N) is 4. The molecule has 11 nitrogen and oxygen atoms in total. The molecule has 3 aromatic heterocycles. The van der Waals surface area contributed by atoms with E-state index < -0.39 is 23.6 Å². The monoisotopic (exact) mass is 632 g/mol. The zero-order chi connectivity index (χ0) is 33.7. The van der Waals surface area contributed by atoms with Crippen LogP contribution < -0.4 is 10.6 Å². The molecular formula is C36H36N6O5. The minimum atomic E-state index is -1.05. The summed E-state index contributed by atoms with van der Waals surface area (Å²) in [5.74, 6) is -0.973. The van der Waals surface area contributed by atoms with Crippen molar-refractivity contribution >= 4 is 40.3 Å². The van der Waals surface area contributed by atoms with Gasteiger partial charge in [-0.2, -0.15) is 0 Å². The summed E-state index contributed by atoms with van der Waals surface area (Å²) >= 11 is 0. The first-order valence-electron chi connectivity index (χ1n) is 15.2. The number of carbonyl (C=O) groups is 4. The molecule has 0 saturated carbocycles. The quantitative estimate of drug-likeness (QED) is 0.180. The third-order valence-electron chi connectivity index (χ3n) is 7.26. The molecule has 0 aliphatic heterocycles. The van der Waals surface area contributed by atoms with Crippen LogP contribution in [0, 0.1) is 0 Å². The van der Waals surface area contributed by atoms with Crippen LogP contribution in [0.15, 0.2) is 91.8 Å². The Morgan fingerprint density at radius 3 is 2.23 bits per heavy atom. The van der Waals surface area contributed by atoms with Gasteiger partial charge < -0.3 is 19.9 Å². The Kier molecular flexibility index (Phi) is 9.55. The number of aromatic nitrogens is 4. The van der Waals surface area contributed by atoms with Crippen molar-refractivity contribution in [1.29, 1.82) is 0 Å². The van der Waals surface area contributed by atoms with Gasteiger partial charge in [-0.15, -0.1) is 0 Å². The van der Waals surface area contributed by atoms with Crippen LogP contribution in [0.1, 0.15) is 78.1 Å². The molecule has 2 amide bonds. The number of alkyl carbamates (subject to hydrolysis) is 1. The molecule has 0 aliphatic carbocycles. The lowest BCUT2D eigenvalue weighted by Gasteiger charge is -2.23. The molecule has 0 saturated heterocycles. The molecule has 240 valence electrons. The largest absolute Gasteiger partial charge is 0.444 e. The van der Waals surface area contributed by atoms with Crippen LogP contribution in [0.2, 0.25) is 0 Å². The minimum absolute atomic E-state index is 0.0626. The second-order valence-electron chi connectivity index (χ2n) is 12.4. The summed E-state index contributed by atoms with van der Waals surface area (Å²) < 4.78 is 7.32. The molecule has 0 spiro atoms. The Morgan fingerprint density at radius 1 is 0.851 bits per heavy atom. The minimum Gasteiger partial charge on any atom is -0.444 e. The van der Waals surface area contributed by atoms with Crippen molar-refractivity contribution in [1.82, 2.24) is 24.8 Å². The predicted octanol–water partition coefficient (Wildman–Crippen LogP) is 5.94. The van der Waals surface area contributed by atoms with Crippen LogP contribution in [0.4, 0.5) is 10.5 Å². The molecule has 5 rings (SSSR count). The maximum Gasteiger partial charge on any atom is 0.408 e. The number of fused-ring (bicyclic) bond motifs is 1. The summed E-state index contributed by atoms with van der Waals surface area (Å²) in [6.45, 7) is 9.16. The van der Waals surface area contributed by atoms with Crippen molar-refractivity contribution in [2.45, 2.75) is 58.7 Å². The van der Waals surface area contributed by atoms with Gasteiger partial charge in [0.15, 0.2) is 11.6 Å². The van der Waals surface area contributed by atoms with Gasteiger partial charge >= 0.3 is 6.09 Å². The second kappa shape index (κ2) is 13.7. The number of ketones is 2. The molecule has 0 bridgehead atoms. The fourth-order valence-corrected chi connectivity index (χ4v) is 5.02. The zero-order valence-electron chi connectivity index (χ0n) is 26.9. The molecule has 0 radical (unpaired) electrons. The number of carbonyl (C=O) groups excluding carboxylic acids is 4. The van der Waals surface area contributed by atoms with E-state index in [9.17, 15) is 19.2 Å². The molecule has 47 heavy (non-hydrogen) atoms. The van der Waals surface area contributed by atoms with Gasteiger partial charge in [0.05, 0.1) is 17.4 Å². The average Bonchev–Trinajstić information content (AvgIpc) is 3.44. The van der Waals surface area contributed by atoms with Crippen molar-refractivity contribution < 1.29 is 23.9 Å². The molecule has 2 aromatic carbocycles. The Labute approximate surface area is 272 Å². The molecule has 0 fully saturated rings. The number of nitrogens with one attached hydrogen (secondary N) is 2. The molecule has 3 heterocycles. The van der Waals surface area contributed by atoms with Crippen molar-refractivity contribution in [3.63, 3.8) is 0 Å². The van der Waals surface area contributed by atoms with Gasteiger partial charge in [0.1, 0.15) is 23.6 Å². The number of amides is 2. The maximum atomic E-state index is 13.6. The fraction of sp³-hybridized carbons (Fsp3) is 0.250. The summed E-state index contributed by atoms with van der Waals surface area (Å²) in [7, 11) is 0. The summed E-state index contributed by atoms with van der Waals surface area (Å²) in [6.07, 6.45) is 6.97. The lowest BCUT2D eigenvalue weighted by atomic mass is 9.99. The summed E-state index contributed by atoms with van der Waals surface area (Å²) in [4.78, 5) is 65.5. The summed E-state index contributed by atoms with van der Waals surface area (Å²) in [6, 6.07) is 16.3. The number of hydrogen-bond acceptors (Lipinski definition) is 8. The number of rotatable bonds is 10. The lowest BCUT2D eigenvalue weighted by Crippen LogP contribution is -2.47. The van der Waals surface area contributed by atoms with E-state index in [0.29, 0.717) is 33.3 Å². The van der Waals surface area contributed by atoms with Gasteiger partial charge in [-0.3, -0.25) is 19.4 Å². The van der Waals surface area contributed by atoms with Crippen LogP contribution in [-0.2, 0) is 16.0 Å². The summed E-state index contributed by atoms with van der Waals surface area (Å²) in [5, 5.41) is 6.05. The van der Waals surface area contributed by atoms with Crippen LogP contribution in [-0.4, -0.2) is 54.7 Å². The second-order valence-corrected chi connectivity index (χ2v) is 12.4. The number of hydrogen-bond donors (Lipinski definition) is 2. The van der Waals surface area contributed by atoms with Crippen molar-refractivity contribution in [3.8, 4) is 0 Å². The van der Waals surface area contributed by atoms with Gasteiger partial charge in [0, 0.05) is 53.1 Å². The Balaban J connectivity index is 1.36. The number of anilines is 1. The van der Waals surface area contributed by atoms with Crippen molar-refractivity contribution in [2.75, 3.05) is 5.32 Å². The van der Waals surface area contributed by atoms with E-state index in [-0.39, 0.29) is 35.3 Å². The third-order valence-corrected chi connectivity index (χ3v) is 7.26. The highest BCUT2D eigenvalue weighted by molar-refractivity contribution is 6.16. The van der Waals surface area contributed by atoms with Gasteiger partial charge in [0.2, 0.25) is 5.91 Å². The van der Waals surface area contributed by atoms with Gasteiger partial charge in [-0.05, 0) is 46.2 Å². The van der Waals surface area contributed by atoms with E-state index in [1.54, 1.807) is 81.7 Å². The average molecular weight is 633 g/mol. The molecule has 2 N–H and O–H groups in total. The van der Waals surface area contributed by atoms with E-state index in [4.69, 9.17) is 4.74 Å². The van der Waals surface area contributed by atoms with Crippen LogP contribution >= 0.6 is 0 Å². The number of ether oxygens (including phenoxy) is 1. The Morgan fingerprint density at radius 2 is 1.55 bits per heavy atom. The maximum absolute atomic E-state index is 13.6. The van der Waals surface area contributed by atoms with Crippen LogP contribution in [0.5, 0.6) is 0 Å². The lowest BCUT2D eigenvalue weighted by molar-refractivity contribution is -0.118. The summed E-state index contributed by atoms with van der Waals surface area (Å²) in [5.41, 5.74) is 2.56. The van der Waals surface area contributed by atoms with E-state index in [2.05, 4.69) is 25.6 Å². The van der Waals surface area contributed by atoms with E-state index in [0.717, 1.165) is 0 Å². The first-order chi connectivity index (χ1) is 22.4. The fourth-order valence-electron chi connectivity index (χ4n) is 5.02. The normalized spacial score (nSPS) is 12.0. The highest BCUT2D eigenvalue weighted by Gasteiger charge is 2.26. The first-order valence-corrected chi connectivity index (χ1v) is 15.2. The Bertz CT molecular complexity index is 1930. The first kappa shape index (κ1) is 32.7. The van der Waals surface area contributed by atoms with Gasteiger partial charge in [-0.1, -0.05) is 54.6 Å². The van der Waals surface area contributed by atoms with Crippen LogP contribution in [0.3, 0.4) is 0 Å². The van der Waals surface area contributed by atoms with E-state index in [1.165, 1.54) is 24.8 Å². The Hall–Kier alpha value is -5.71.